The Morgan fingerprint density at radius 3 is 2.28 bits per heavy atom. The van der Waals surface area contributed by atoms with Gasteiger partial charge in [0.25, 0.3) is 5.91 Å². The van der Waals surface area contributed by atoms with Gasteiger partial charge in [-0.2, -0.15) is 18.3 Å². The van der Waals surface area contributed by atoms with E-state index in [-0.39, 0.29) is 42.4 Å². The summed E-state index contributed by atoms with van der Waals surface area (Å²) in [6.45, 7) is 2.88. The molecule has 1 saturated carbocycles. The highest BCUT2D eigenvalue weighted by atomic mass is 19.4. The summed E-state index contributed by atoms with van der Waals surface area (Å²) >= 11 is 0. The molecule has 1 aromatic rings. The highest BCUT2D eigenvalue weighted by Crippen LogP contribution is 2.41. The molecule has 1 aliphatic carbocycles. The van der Waals surface area contributed by atoms with Gasteiger partial charge in [-0.05, 0) is 33.1 Å². The van der Waals surface area contributed by atoms with Crippen molar-refractivity contribution in [2.24, 2.45) is 11.8 Å². The van der Waals surface area contributed by atoms with E-state index in [0.717, 1.165) is 22.4 Å². The van der Waals surface area contributed by atoms with Crippen molar-refractivity contribution in [2.45, 2.75) is 64.2 Å². The van der Waals surface area contributed by atoms with Crippen LogP contribution in [0.3, 0.4) is 0 Å². The van der Waals surface area contributed by atoms with Crippen molar-refractivity contribution in [1.82, 2.24) is 14.7 Å². The third-order valence-corrected chi connectivity index (χ3v) is 6.30. The largest absolute Gasteiger partial charge is 0.410 e. The van der Waals surface area contributed by atoms with Crippen molar-refractivity contribution in [3.8, 4) is 0 Å². The first-order chi connectivity index (χ1) is 13.6. The zero-order chi connectivity index (χ0) is 21.1. The predicted molar refractivity (Wildman–Crippen MR) is 95.8 cm³/mol. The molecule has 2 aliphatic heterocycles. The van der Waals surface area contributed by atoms with Crippen LogP contribution in [0.15, 0.2) is 6.07 Å². The number of fused-ring (bicyclic) bond motifs is 2. The number of carbonyl (C=O) groups excluding carboxylic acids is 3. The molecule has 3 amide bonds. The minimum absolute atomic E-state index is 0.0458. The number of aromatic nitrogens is 2. The van der Waals surface area contributed by atoms with E-state index < -0.39 is 24.2 Å². The van der Waals surface area contributed by atoms with Gasteiger partial charge in [-0.15, -0.1) is 0 Å². The molecule has 1 aromatic heterocycles. The molecule has 0 N–H and O–H groups in total. The lowest BCUT2D eigenvalue weighted by molar-refractivity contribution is -0.173. The van der Waals surface area contributed by atoms with E-state index in [1.54, 1.807) is 6.92 Å². The van der Waals surface area contributed by atoms with Gasteiger partial charge in [-0.25, -0.2) is 4.68 Å². The van der Waals surface area contributed by atoms with E-state index in [0.29, 0.717) is 18.5 Å². The molecule has 3 aliphatic rings. The number of aryl methyl sites for hydroxylation is 1. The van der Waals surface area contributed by atoms with Crippen LogP contribution >= 0.6 is 0 Å². The first-order valence-corrected chi connectivity index (χ1v) is 9.92. The topological polar surface area (TPSA) is 75.5 Å². The van der Waals surface area contributed by atoms with E-state index in [1.807, 2.05) is 0 Å². The van der Waals surface area contributed by atoms with Crippen molar-refractivity contribution < 1.29 is 27.6 Å². The maximum absolute atomic E-state index is 13.4. The summed E-state index contributed by atoms with van der Waals surface area (Å²) in [5.41, 5.74) is 0.362. The van der Waals surface area contributed by atoms with Crippen LogP contribution in [0.5, 0.6) is 0 Å². The Balaban J connectivity index is 1.61. The average Bonchev–Trinajstić information content (AvgIpc) is 3.17. The number of carbonyl (C=O) groups is 3. The zero-order valence-corrected chi connectivity index (χ0v) is 16.3. The van der Waals surface area contributed by atoms with Gasteiger partial charge < -0.3 is 0 Å². The standard InChI is InChI=1S/C19H23F3N4O3/c1-10-9-15-24(8-7-14(19(20,21)22)26(15)23-10)16(27)11(2)25-17(28)12-5-3-4-6-13(12)18(25)29/h9,11-14H,3-8H2,1-2H3/t11-,12-,13-,14-/m0/s1. The van der Waals surface area contributed by atoms with E-state index >= 15 is 0 Å². The van der Waals surface area contributed by atoms with Gasteiger partial charge in [0.1, 0.15) is 11.9 Å². The molecular weight excluding hydrogens is 389 g/mol. The van der Waals surface area contributed by atoms with Crippen LogP contribution in [0.2, 0.25) is 0 Å². The van der Waals surface area contributed by atoms with Gasteiger partial charge >= 0.3 is 6.18 Å². The molecule has 0 aromatic carbocycles. The maximum Gasteiger partial charge on any atom is 0.410 e. The second kappa shape index (κ2) is 6.84. The van der Waals surface area contributed by atoms with Crippen molar-refractivity contribution >= 4 is 23.5 Å². The summed E-state index contributed by atoms with van der Waals surface area (Å²) in [7, 11) is 0. The van der Waals surface area contributed by atoms with Gasteiger partial charge in [0.2, 0.25) is 11.8 Å². The minimum Gasteiger partial charge on any atom is -0.295 e. The average molecular weight is 412 g/mol. The summed E-state index contributed by atoms with van der Waals surface area (Å²) in [5, 5.41) is 3.93. The Labute approximate surface area is 165 Å². The highest BCUT2D eigenvalue weighted by molar-refractivity contribution is 6.10. The Morgan fingerprint density at radius 1 is 1.14 bits per heavy atom. The number of hydrogen-bond acceptors (Lipinski definition) is 4. The third kappa shape index (κ3) is 3.12. The van der Waals surface area contributed by atoms with Crippen LogP contribution in [0.4, 0.5) is 19.0 Å². The highest BCUT2D eigenvalue weighted by Gasteiger charge is 2.52. The number of halogens is 3. The predicted octanol–water partition coefficient (Wildman–Crippen LogP) is 2.60. The van der Waals surface area contributed by atoms with E-state index in [4.69, 9.17) is 0 Å². The fourth-order valence-electron chi connectivity index (χ4n) is 4.85. The monoisotopic (exact) mass is 412 g/mol. The lowest BCUT2D eigenvalue weighted by Gasteiger charge is -2.36. The molecule has 4 atom stereocenters. The van der Waals surface area contributed by atoms with E-state index in [1.165, 1.54) is 17.9 Å². The van der Waals surface area contributed by atoms with Crippen molar-refractivity contribution in [2.75, 3.05) is 11.4 Å². The number of anilines is 1. The molecule has 7 nitrogen and oxygen atoms in total. The van der Waals surface area contributed by atoms with Crippen LogP contribution in [0.1, 0.15) is 50.8 Å². The van der Waals surface area contributed by atoms with Crippen molar-refractivity contribution in [1.29, 1.82) is 0 Å². The Hall–Kier alpha value is -2.39. The van der Waals surface area contributed by atoms with Crippen LogP contribution in [-0.2, 0) is 14.4 Å². The lowest BCUT2D eigenvalue weighted by Crippen LogP contribution is -2.52. The number of rotatable bonds is 2. The zero-order valence-electron chi connectivity index (χ0n) is 16.3. The van der Waals surface area contributed by atoms with Gasteiger partial charge in [0, 0.05) is 12.6 Å². The Bertz CT molecular complexity index is 841. The number of imide groups is 1. The number of nitrogens with zero attached hydrogens (tertiary/aromatic N) is 4. The third-order valence-electron chi connectivity index (χ3n) is 6.30. The number of alkyl halides is 3. The van der Waals surface area contributed by atoms with Gasteiger partial charge in [-0.1, -0.05) is 12.8 Å². The fourth-order valence-corrected chi connectivity index (χ4v) is 4.85. The van der Waals surface area contributed by atoms with Crippen molar-refractivity contribution in [3.05, 3.63) is 11.8 Å². The molecule has 10 heteroatoms. The fraction of sp³-hybridized carbons (Fsp3) is 0.684. The molecule has 0 unspecified atom stereocenters. The van der Waals surface area contributed by atoms with Crippen molar-refractivity contribution in [3.63, 3.8) is 0 Å². The van der Waals surface area contributed by atoms with Crippen LogP contribution in [0, 0.1) is 18.8 Å². The summed E-state index contributed by atoms with van der Waals surface area (Å²) in [4.78, 5) is 41.0. The molecule has 1 saturated heterocycles. The molecule has 2 fully saturated rings. The smallest absolute Gasteiger partial charge is 0.295 e. The molecule has 158 valence electrons. The van der Waals surface area contributed by atoms with Crippen LogP contribution < -0.4 is 4.90 Å². The molecular formula is C19H23F3N4O3. The quantitative estimate of drug-likeness (QED) is 0.700. The second-order valence-electron chi connectivity index (χ2n) is 8.14. The van der Waals surface area contributed by atoms with E-state index in [2.05, 4.69) is 5.10 Å². The number of hydrogen-bond donors (Lipinski definition) is 0. The molecule has 0 spiro atoms. The molecule has 29 heavy (non-hydrogen) atoms. The molecule has 0 radical (unpaired) electrons. The summed E-state index contributed by atoms with van der Waals surface area (Å²) < 4.78 is 40.9. The molecule has 0 bridgehead atoms. The maximum atomic E-state index is 13.4. The SMILES string of the molecule is Cc1cc2n(n1)[C@H](C(F)(F)F)CCN2C(=O)[C@H](C)N1C(=O)[C@H]2CCCC[C@@H]2C1=O. The normalized spacial score (nSPS) is 28.4. The van der Waals surface area contributed by atoms with E-state index in [9.17, 15) is 27.6 Å². The van der Waals surface area contributed by atoms with Crippen LogP contribution in [-0.4, -0.2) is 51.2 Å². The second-order valence-corrected chi connectivity index (χ2v) is 8.14. The number of amides is 3. The van der Waals surface area contributed by atoms with Gasteiger partial charge in [0.15, 0.2) is 6.04 Å². The Kier molecular flexibility index (Phi) is 4.70. The molecule has 4 rings (SSSR count). The number of likely N-dealkylation sites (tertiary alicyclic amines) is 1. The van der Waals surface area contributed by atoms with Gasteiger partial charge in [0.05, 0.1) is 17.5 Å². The molecule has 3 heterocycles. The van der Waals surface area contributed by atoms with Crippen LogP contribution in [0.25, 0.3) is 0 Å². The first kappa shape index (κ1) is 19.9. The Morgan fingerprint density at radius 2 is 1.72 bits per heavy atom. The summed E-state index contributed by atoms with van der Waals surface area (Å²) in [6.07, 6.45) is -1.79. The minimum atomic E-state index is -4.48. The lowest BCUT2D eigenvalue weighted by atomic mass is 9.81. The first-order valence-electron chi connectivity index (χ1n) is 9.92. The van der Waals surface area contributed by atoms with Gasteiger partial charge in [-0.3, -0.25) is 24.2 Å². The summed E-state index contributed by atoms with van der Waals surface area (Å²) in [5.74, 6) is -1.95. The summed E-state index contributed by atoms with van der Waals surface area (Å²) in [6, 6.07) is -1.44.